The summed E-state index contributed by atoms with van der Waals surface area (Å²) in [5, 5.41) is 6.20. The van der Waals surface area contributed by atoms with Gasteiger partial charge in [0, 0.05) is 16.9 Å². The fourth-order valence-electron chi connectivity index (χ4n) is 1.96. The van der Waals surface area contributed by atoms with Gasteiger partial charge in [0.25, 0.3) is 0 Å². The van der Waals surface area contributed by atoms with Gasteiger partial charge in [0.2, 0.25) is 5.91 Å². The lowest BCUT2D eigenvalue weighted by atomic mass is 10.1. The smallest absolute Gasteiger partial charge is 0.225 e. The van der Waals surface area contributed by atoms with Crippen LogP contribution in [0.1, 0.15) is 31.4 Å². The molecule has 1 amide bonds. The highest BCUT2D eigenvalue weighted by molar-refractivity contribution is 9.10. The minimum atomic E-state index is 0.0381. The topological polar surface area (TPSA) is 41.1 Å². The second-order valence-corrected chi connectivity index (χ2v) is 5.50. The zero-order chi connectivity index (χ0) is 13.7. The van der Waals surface area contributed by atoms with Crippen molar-refractivity contribution in [3.8, 4) is 0 Å². The van der Waals surface area contributed by atoms with E-state index in [2.05, 4.69) is 32.6 Å². The fourth-order valence-corrected chi connectivity index (χ4v) is 2.74. The predicted octanol–water partition coefficient (Wildman–Crippen LogP) is 3.39. The highest BCUT2D eigenvalue weighted by atomic mass is 79.9. The Kier molecular flexibility index (Phi) is 5.82. The number of rotatable bonds is 5. The van der Waals surface area contributed by atoms with Crippen LogP contribution in [-0.2, 0) is 4.79 Å². The van der Waals surface area contributed by atoms with Crippen molar-refractivity contribution < 1.29 is 4.79 Å². The molecule has 0 bridgehead atoms. The number of hydrogen-bond acceptors (Lipinski definition) is 2. The largest absolute Gasteiger partial charge is 0.325 e. The van der Waals surface area contributed by atoms with Crippen LogP contribution in [0.5, 0.6) is 0 Å². The van der Waals surface area contributed by atoms with Gasteiger partial charge in [-0.15, -0.1) is 0 Å². The molecule has 0 saturated carbocycles. The summed E-state index contributed by atoms with van der Waals surface area (Å²) in [6.07, 6.45) is 0.480. The minimum absolute atomic E-state index is 0.0381. The molecule has 18 heavy (non-hydrogen) atoms. The second-order valence-electron chi connectivity index (χ2n) is 4.65. The molecule has 0 aliphatic carbocycles. The summed E-state index contributed by atoms with van der Waals surface area (Å²) in [4.78, 5) is 11.9. The van der Waals surface area contributed by atoms with Crippen molar-refractivity contribution in [2.75, 3.05) is 11.9 Å². The maximum atomic E-state index is 11.9. The number of amides is 1. The Morgan fingerprint density at radius 1 is 1.39 bits per heavy atom. The molecule has 2 N–H and O–H groups in total. The first-order valence-electron chi connectivity index (χ1n) is 6.24. The van der Waals surface area contributed by atoms with Crippen LogP contribution in [0.2, 0.25) is 0 Å². The van der Waals surface area contributed by atoms with E-state index in [4.69, 9.17) is 0 Å². The number of hydrogen-bond donors (Lipinski definition) is 2. The van der Waals surface area contributed by atoms with E-state index in [0.717, 1.165) is 22.3 Å². The lowest BCUT2D eigenvalue weighted by Gasteiger charge is -2.15. The normalized spacial score (nSPS) is 12.3. The first-order chi connectivity index (χ1) is 8.43. The Bertz CT molecular complexity index is 409. The monoisotopic (exact) mass is 312 g/mol. The van der Waals surface area contributed by atoms with Crippen LogP contribution < -0.4 is 10.6 Å². The molecule has 0 heterocycles. The maximum absolute atomic E-state index is 11.9. The van der Waals surface area contributed by atoms with Gasteiger partial charge in [0.1, 0.15) is 0 Å². The fraction of sp³-hybridized carbons (Fsp3) is 0.500. The number of anilines is 1. The molecule has 1 aromatic carbocycles. The van der Waals surface area contributed by atoms with Crippen molar-refractivity contribution in [3.05, 3.63) is 27.7 Å². The van der Waals surface area contributed by atoms with Gasteiger partial charge in [0.05, 0.1) is 5.69 Å². The lowest BCUT2D eigenvalue weighted by molar-refractivity contribution is -0.116. The van der Waals surface area contributed by atoms with E-state index in [0.29, 0.717) is 6.42 Å². The lowest BCUT2D eigenvalue weighted by Crippen LogP contribution is -2.30. The molecule has 0 radical (unpaired) electrons. The van der Waals surface area contributed by atoms with Gasteiger partial charge in [-0.25, -0.2) is 0 Å². The summed E-state index contributed by atoms with van der Waals surface area (Å²) in [7, 11) is 0. The van der Waals surface area contributed by atoms with Crippen molar-refractivity contribution >= 4 is 27.5 Å². The molecule has 0 saturated heterocycles. The van der Waals surface area contributed by atoms with Crippen LogP contribution in [0, 0.1) is 13.8 Å². The standard InChI is InChI=1S/C14H21BrN2O/c1-5-16-11(4)8-13(18)17-14-10(3)6-9(2)7-12(14)15/h6-7,11,16H,5,8H2,1-4H3,(H,17,18). The van der Waals surface area contributed by atoms with E-state index in [1.807, 2.05) is 33.8 Å². The number of nitrogens with one attached hydrogen (secondary N) is 2. The van der Waals surface area contributed by atoms with Gasteiger partial charge < -0.3 is 10.6 Å². The molecule has 4 heteroatoms. The molecule has 1 rings (SSSR count). The van der Waals surface area contributed by atoms with Gasteiger partial charge in [0.15, 0.2) is 0 Å². The molecule has 1 atom stereocenters. The molecule has 3 nitrogen and oxygen atoms in total. The van der Waals surface area contributed by atoms with Gasteiger partial charge in [-0.3, -0.25) is 4.79 Å². The molecule has 0 fully saturated rings. The first kappa shape index (κ1) is 15.2. The van der Waals surface area contributed by atoms with Gasteiger partial charge in [-0.05, 0) is 60.4 Å². The molecule has 0 spiro atoms. The summed E-state index contributed by atoms with van der Waals surface area (Å²) in [5.41, 5.74) is 3.12. The van der Waals surface area contributed by atoms with Crippen LogP contribution >= 0.6 is 15.9 Å². The number of carbonyl (C=O) groups is 1. The summed E-state index contributed by atoms with van der Waals surface area (Å²) < 4.78 is 0.935. The van der Waals surface area contributed by atoms with Crippen LogP contribution in [-0.4, -0.2) is 18.5 Å². The summed E-state index contributed by atoms with van der Waals surface area (Å²) >= 11 is 3.49. The zero-order valence-electron chi connectivity index (χ0n) is 11.4. The highest BCUT2D eigenvalue weighted by Crippen LogP contribution is 2.27. The second kappa shape index (κ2) is 6.90. The molecule has 0 aliphatic rings. The number of carbonyl (C=O) groups excluding carboxylic acids is 1. The summed E-state index contributed by atoms with van der Waals surface area (Å²) in [5.74, 6) is 0.0381. The SMILES string of the molecule is CCNC(C)CC(=O)Nc1c(C)cc(C)cc1Br. The molecule has 0 aromatic heterocycles. The maximum Gasteiger partial charge on any atom is 0.225 e. The molecule has 0 aliphatic heterocycles. The average molecular weight is 313 g/mol. The molecular weight excluding hydrogens is 292 g/mol. The van der Waals surface area contributed by atoms with E-state index >= 15 is 0 Å². The third-order valence-electron chi connectivity index (χ3n) is 2.74. The molecule has 100 valence electrons. The van der Waals surface area contributed by atoms with E-state index in [1.54, 1.807) is 0 Å². The van der Waals surface area contributed by atoms with Crippen LogP contribution in [0.15, 0.2) is 16.6 Å². The third-order valence-corrected chi connectivity index (χ3v) is 3.37. The van der Waals surface area contributed by atoms with E-state index < -0.39 is 0 Å². The van der Waals surface area contributed by atoms with Crippen molar-refractivity contribution in [1.29, 1.82) is 0 Å². The van der Waals surface area contributed by atoms with Crippen LogP contribution in [0.3, 0.4) is 0 Å². The van der Waals surface area contributed by atoms with E-state index in [-0.39, 0.29) is 11.9 Å². The summed E-state index contributed by atoms with van der Waals surface area (Å²) in [6, 6.07) is 4.27. The predicted molar refractivity (Wildman–Crippen MR) is 80.0 cm³/mol. The molecule has 1 unspecified atom stereocenters. The quantitative estimate of drug-likeness (QED) is 0.875. The Morgan fingerprint density at radius 2 is 2.06 bits per heavy atom. The van der Waals surface area contributed by atoms with Crippen LogP contribution in [0.4, 0.5) is 5.69 Å². The first-order valence-corrected chi connectivity index (χ1v) is 7.03. The number of benzene rings is 1. The molecule has 1 aromatic rings. The van der Waals surface area contributed by atoms with Crippen LogP contribution in [0.25, 0.3) is 0 Å². The van der Waals surface area contributed by atoms with Crippen molar-refractivity contribution in [1.82, 2.24) is 5.32 Å². The third kappa shape index (κ3) is 4.42. The van der Waals surface area contributed by atoms with Crippen molar-refractivity contribution in [2.24, 2.45) is 0 Å². The average Bonchev–Trinajstić information content (AvgIpc) is 2.23. The Hall–Kier alpha value is -0.870. The Labute approximate surface area is 117 Å². The van der Waals surface area contributed by atoms with Gasteiger partial charge in [-0.1, -0.05) is 13.0 Å². The number of halogens is 1. The van der Waals surface area contributed by atoms with Gasteiger partial charge >= 0.3 is 0 Å². The van der Waals surface area contributed by atoms with Crippen molar-refractivity contribution in [3.63, 3.8) is 0 Å². The highest BCUT2D eigenvalue weighted by Gasteiger charge is 2.11. The Balaban J connectivity index is 2.70. The van der Waals surface area contributed by atoms with E-state index in [1.165, 1.54) is 5.56 Å². The van der Waals surface area contributed by atoms with E-state index in [9.17, 15) is 4.79 Å². The zero-order valence-corrected chi connectivity index (χ0v) is 13.0. The number of aryl methyl sites for hydroxylation is 2. The Morgan fingerprint density at radius 3 is 2.61 bits per heavy atom. The van der Waals surface area contributed by atoms with Crippen molar-refractivity contribution in [2.45, 2.75) is 40.2 Å². The van der Waals surface area contributed by atoms with Gasteiger partial charge in [-0.2, -0.15) is 0 Å². The minimum Gasteiger partial charge on any atom is -0.325 e. The molecular formula is C14H21BrN2O. The summed E-state index contributed by atoms with van der Waals surface area (Å²) in [6.45, 7) is 8.97.